The lowest BCUT2D eigenvalue weighted by molar-refractivity contribution is 0.687. The molecule has 1 fully saturated rings. The van der Waals surface area contributed by atoms with Gasteiger partial charge < -0.3 is 5.32 Å². The van der Waals surface area contributed by atoms with Gasteiger partial charge in [-0.2, -0.15) is 0 Å². The van der Waals surface area contributed by atoms with Gasteiger partial charge in [-0.1, -0.05) is 47.1 Å². The van der Waals surface area contributed by atoms with Crippen molar-refractivity contribution in [2.75, 3.05) is 0 Å². The van der Waals surface area contributed by atoms with Crippen molar-refractivity contribution in [1.82, 2.24) is 5.32 Å². The fourth-order valence-electron chi connectivity index (χ4n) is 2.32. The highest BCUT2D eigenvalue weighted by atomic mass is 35.5. The van der Waals surface area contributed by atoms with Crippen LogP contribution in [0.15, 0.2) is 46.2 Å². The van der Waals surface area contributed by atoms with Gasteiger partial charge in [0.15, 0.2) is 0 Å². The van der Waals surface area contributed by atoms with Crippen molar-refractivity contribution in [3.63, 3.8) is 0 Å². The molecule has 0 spiro atoms. The molecule has 21 heavy (non-hydrogen) atoms. The first-order valence-electron chi connectivity index (χ1n) is 7.39. The van der Waals surface area contributed by atoms with Gasteiger partial charge in [0.1, 0.15) is 0 Å². The molecule has 0 aromatic heterocycles. The Hall–Kier alpha value is -0.960. The second-order valence-corrected chi connectivity index (χ2v) is 7.28. The highest BCUT2D eigenvalue weighted by Crippen LogP contribution is 2.35. The van der Waals surface area contributed by atoms with E-state index in [1.165, 1.54) is 34.4 Å². The zero-order valence-electron chi connectivity index (χ0n) is 12.4. The number of aryl methyl sites for hydroxylation is 2. The van der Waals surface area contributed by atoms with Crippen LogP contribution in [-0.2, 0) is 6.54 Å². The number of hydrogen-bond donors (Lipinski definition) is 1. The molecule has 1 saturated carbocycles. The monoisotopic (exact) mass is 317 g/mol. The number of hydrogen-bond acceptors (Lipinski definition) is 2. The molecule has 0 aliphatic heterocycles. The van der Waals surface area contributed by atoms with Crippen LogP contribution in [0.4, 0.5) is 0 Å². The standard InChI is InChI=1S/C18H20ClNS/c1-12-3-7-17(13(2)9-12)21-18-8-4-14(10-16(18)19)11-20-15-5-6-15/h3-4,7-10,15,20H,5-6,11H2,1-2H3. The Kier molecular flexibility index (Phi) is 4.58. The SMILES string of the molecule is Cc1ccc(Sc2ccc(CNC3CC3)cc2Cl)c(C)c1. The Morgan fingerprint density at radius 2 is 1.86 bits per heavy atom. The minimum Gasteiger partial charge on any atom is -0.310 e. The van der Waals surface area contributed by atoms with Gasteiger partial charge in [-0.05, 0) is 56.0 Å². The lowest BCUT2D eigenvalue weighted by Gasteiger charge is -2.10. The molecule has 3 heteroatoms. The predicted octanol–water partition coefficient (Wildman–Crippen LogP) is 5.36. The fourth-order valence-corrected chi connectivity index (χ4v) is 3.52. The maximum Gasteiger partial charge on any atom is 0.0548 e. The van der Waals surface area contributed by atoms with Crippen molar-refractivity contribution >= 4 is 23.4 Å². The van der Waals surface area contributed by atoms with Crippen LogP contribution in [0.5, 0.6) is 0 Å². The van der Waals surface area contributed by atoms with Crippen LogP contribution in [-0.4, -0.2) is 6.04 Å². The highest BCUT2D eigenvalue weighted by Gasteiger charge is 2.20. The minimum absolute atomic E-state index is 0.730. The maximum absolute atomic E-state index is 6.45. The minimum atomic E-state index is 0.730. The molecule has 2 aromatic carbocycles. The average Bonchev–Trinajstić information content (AvgIpc) is 3.26. The van der Waals surface area contributed by atoms with Crippen molar-refractivity contribution in [1.29, 1.82) is 0 Å². The largest absolute Gasteiger partial charge is 0.310 e. The topological polar surface area (TPSA) is 12.0 Å². The lowest BCUT2D eigenvalue weighted by Crippen LogP contribution is -2.15. The summed E-state index contributed by atoms with van der Waals surface area (Å²) in [6.45, 7) is 5.19. The van der Waals surface area contributed by atoms with Crippen LogP contribution < -0.4 is 5.32 Å². The van der Waals surface area contributed by atoms with E-state index in [-0.39, 0.29) is 0 Å². The molecule has 1 aliphatic rings. The third kappa shape index (κ3) is 4.03. The third-order valence-electron chi connectivity index (χ3n) is 3.72. The normalized spacial score (nSPS) is 14.4. The Morgan fingerprint density at radius 3 is 2.52 bits per heavy atom. The number of nitrogens with one attached hydrogen (secondary N) is 1. The molecule has 0 bridgehead atoms. The smallest absolute Gasteiger partial charge is 0.0548 e. The molecule has 0 atom stereocenters. The third-order valence-corrected chi connectivity index (χ3v) is 5.40. The van der Waals surface area contributed by atoms with Gasteiger partial charge in [-0.15, -0.1) is 0 Å². The summed E-state index contributed by atoms with van der Waals surface area (Å²) in [5.41, 5.74) is 3.86. The number of halogens is 1. The molecule has 0 unspecified atom stereocenters. The Morgan fingerprint density at radius 1 is 1.10 bits per heavy atom. The van der Waals surface area contributed by atoms with Gasteiger partial charge in [-0.3, -0.25) is 0 Å². The van der Waals surface area contributed by atoms with E-state index in [9.17, 15) is 0 Å². The molecule has 1 nitrogen and oxygen atoms in total. The van der Waals surface area contributed by atoms with E-state index in [0.717, 1.165) is 22.5 Å². The Bertz CT molecular complexity index is 650. The van der Waals surface area contributed by atoms with Gasteiger partial charge in [0.25, 0.3) is 0 Å². The summed E-state index contributed by atoms with van der Waals surface area (Å²) in [5, 5.41) is 4.36. The summed E-state index contributed by atoms with van der Waals surface area (Å²) < 4.78 is 0. The van der Waals surface area contributed by atoms with Crippen LogP contribution in [0, 0.1) is 13.8 Å². The van der Waals surface area contributed by atoms with Gasteiger partial charge in [-0.25, -0.2) is 0 Å². The molecule has 0 heterocycles. The van der Waals surface area contributed by atoms with Crippen LogP contribution in [0.3, 0.4) is 0 Å². The Balaban J connectivity index is 1.72. The highest BCUT2D eigenvalue weighted by molar-refractivity contribution is 7.99. The van der Waals surface area contributed by atoms with Crippen molar-refractivity contribution < 1.29 is 0 Å². The molecule has 1 aliphatic carbocycles. The summed E-state index contributed by atoms with van der Waals surface area (Å²) >= 11 is 8.19. The molecule has 0 saturated heterocycles. The van der Waals surface area contributed by atoms with Crippen LogP contribution in [0.2, 0.25) is 5.02 Å². The lowest BCUT2D eigenvalue weighted by atomic mass is 10.2. The van der Waals surface area contributed by atoms with Gasteiger partial charge in [0, 0.05) is 22.4 Å². The molecular weight excluding hydrogens is 298 g/mol. The van der Waals surface area contributed by atoms with E-state index in [1.54, 1.807) is 11.8 Å². The predicted molar refractivity (Wildman–Crippen MR) is 91.4 cm³/mol. The average molecular weight is 318 g/mol. The summed E-state index contributed by atoms with van der Waals surface area (Å²) in [5.74, 6) is 0. The van der Waals surface area contributed by atoms with Crippen molar-refractivity contribution in [2.24, 2.45) is 0 Å². The first-order valence-corrected chi connectivity index (χ1v) is 8.58. The molecule has 0 amide bonds. The van der Waals surface area contributed by atoms with Gasteiger partial charge in [0.05, 0.1) is 5.02 Å². The zero-order valence-corrected chi connectivity index (χ0v) is 14.0. The summed E-state index contributed by atoms with van der Waals surface area (Å²) in [6, 6.07) is 13.7. The summed E-state index contributed by atoms with van der Waals surface area (Å²) in [6.07, 6.45) is 2.63. The second kappa shape index (κ2) is 6.43. The van der Waals surface area contributed by atoms with E-state index in [2.05, 4.69) is 55.6 Å². The molecule has 2 aromatic rings. The summed E-state index contributed by atoms with van der Waals surface area (Å²) in [4.78, 5) is 2.39. The molecule has 1 N–H and O–H groups in total. The van der Waals surface area contributed by atoms with E-state index in [0.29, 0.717) is 0 Å². The molecule has 110 valence electrons. The zero-order chi connectivity index (χ0) is 14.8. The van der Waals surface area contributed by atoms with E-state index in [1.807, 2.05) is 0 Å². The van der Waals surface area contributed by atoms with E-state index >= 15 is 0 Å². The van der Waals surface area contributed by atoms with Gasteiger partial charge in [0.2, 0.25) is 0 Å². The van der Waals surface area contributed by atoms with Crippen LogP contribution in [0.25, 0.3) is 0 Å². The van der Waals surface area contributed by atoms with Crippen molar-refractivity contribution in [3.8, 4) is 0 Å². The molecule has 0 radical (unpaired) electrons. The Labute approximate surface area is 136 Å². The van der Waals surface area contributed by atoms with Crippen molar-refractivity contribution in [2.45, 2.75) is 49.1 Å². The van der Waals surface area contributed by atoms with E-state index in [4.69, 9.17) is 11.6 Å². The fraction of sp³-hybridized carbons (Fsp3) is 0.333. The number of rotatable bonds is 5. The number of benzene rings is 2. The quantitative estimate of drug-likeness (QED) is 0.796. The van der Waals surface area contributed by atoms with Crippen LogP contribution in [0.1, 0.15) is 29.5 Å². The summed E-state index contributed by atoms with van der Waals surface area (Å²) in [7, 11) is 0. The van der Waals surface area contributed by atoms with Crippen LogP contribution >= 0.6 is 23.4 Å². The van der Waals surface area contributed by atoms with Crippen molar-refractivity contribution in [3.05, 3.63) is 58.1 Å². The first kappa shape index (κ1) is 15.0. The molecular formula is C18H20ClNS. The first-order chi connectivity index (χ1) is 10.1. The second-order valence-electron chi connectivity index (χ2n) is 5.79. The van der Waals surface area contributed by atoms with E-state index < -0.39 is 0 Å². The maximum atomic E-state index is 6.45. The molecule has 3 rings (SSSR count). The van der Waals surface area contributed by atoms with Gasteiger partial charge >= 0.3 is 0 Å².